The molecule has 1 heterocycles. The normalized spacial score (nSPS) is 11.7. The van der Waals surface area contributed by atoms with Crippen LogP contribution in [0.15, 0.2) is 53.3 Å². The third-order valence-electron chi connectivity index (χ3n) is 5.27. The number of likely N-dealkylation sites (N-methyl/N-ethyl adjacent to an activating group) is 1. The molecule has 3 rings (SSSR count). The van der Waals surface area contributed by atoms with Gasteiger partial charge in [0.15, 0.2) is 5.57 Å². The van der Waals surface area contributed by atoms with Gasteiger partial charge in [-0.3, -0.25) is 19.0 Å². The number of halogens is 1. The summed E-state index contributed by atoms with van der Waals surface area (Å²) < 4.78 is 15.7. The maximum atomic E-state index is 14.0. The average molecular weight is 534 g/mol. The van der Waals surface area contributed by atoms with Crippen LogP contribution in [-0.2, 0) is 16.1 Å². The Kier molecular flexibility index (Phi) is 9.35. The van der Waals surface area contributed by atoms with Crippen molar-refractivity contribution in [3.63, 3.8) is 0 Å². The Hall–Kier alpha value is -4.94. The molecule has 0 atom stereocenters. The summed E-state index contributed by atoms with van der Waals surface area (Å²) in [4.78, 5) is 39.1. The number of rotatable bonds is 9. The Morgan fingerprint density at radius 2 is 1.89 bits per heavy atom. The van der Waals surface area contributed by atoms with E-state index in [4.69, 9.17) is 5.26 Å². The lowest BCUT2D eigenvalue weighted by molar-refractivity contribution is -0.116. The highest BCUT2D eigenvalue weighted by molar-refractivity contribution is 7.07. The van der Waals surface area contributed by atoms with Crippen molar-refractivity contribution in [2.75, 3.05) is 35.7 Å². The molecule has 12 heteroatoms. The highest BCUT2D eigenvalue weighted by Crippen LogP contribution is 2.18. The van der Waals surface area contributed by atoms with Crippen molar-refractivity contribution >= 4 is 52.0 Å². The number of carbonyl (C=O) groups is 2. The minimum atomic E-state index is -0.735. The zero-order chi connectivity index (χ0) is 27.7. The van der Waals surface area contributed by atoms with Gasteiger partial charge in [-0.1, -0.05) is 18.2 Å². The summed E-state index contributed by atoms with van der Waals surface area (Å²) in [6.07, 6.45) is 1.46. The van der Waals surface area contributed by atoms with Gasteiger partial charge in [0.2, 0.25) is 5.91 Å². The quantitative estimate of drug-likeness (QED) is 0.352. The van der Waals surface area contributed by atoms with Crippen molar-refractivity contribution in [2.45, 2.75) is 13.5 Å². The van der Waals surface area contributed by atoms with E-state index in [-0.39, 0.29) is 45.9 Å². The molecule has 0 aliphatic carbocycles. The molecule has 0 fully saturated rings. The van der Waals surface area contributed by atoms with Gasteiger partial charge in [-0.2, -0.15) is 10.5 Å². The number of amides is 2. The zero-order valence-corrected chi connectivity index (χ0v) is 21.4. The van der Waals surface area contributed by atoms with Crippen LogP contribution in [-0.4, -0.2) is 36.5 Å². The fourth-order valence-electron chi connectivity index (χ4n) is 3.49. The number of anilines is 3. The van der Waals surface area contributed by atoms with Crippen LogP contribution >= 0.6 is 11.3 Å². The van der Waals surface area contributed by atoms with E-state index in [9.17, 15) is 24.0 Å². The SMILES string of the molecule is CCn1c(=C(C#N)C(=O)NCC#N)sc(=CNc2cccc(NC(=O)CN(C)c3ccccc3F)c2)c1=O. The lowest BCUT2D eigenvalue weighted by Gasteiger charge is -2.19. The Morgan fingerprint density at radius 1 is 1.16 bits per heavy atom. The molecule has 0 saturated carbocycles. The molecular weight excluding hydrogens is 509 g/mol. The second-order valence-corrected chi connectivity index (χ2v) is 8.90. The van der Waals surface area contributed by atoms with Crippen LogP contribution in [0.2, 0.25) is 0 Å². The number of nitrogens with one attached hydrogen (secondary N) is 3. The molecule has 0 saturated heterocycles. The fraction of sp³-hybridized carbons (Fsp3) is 0.192. The van der Waals surface area contributed by atoms with Crippen molar-refractivity contribution in [1.82, 2.24) is 9.88 Å². The molecule has 194 valence electrons. The molecule has 10 nitrogen and oxygen atoms in total. The summed E-state index contributed by atoms with van der Waals surface area (Å²) in [7, 11) is 1.62. The first-order valence-electron chi connectivity index (χ1n) is 11.4. The number of aromatic nitrogens is 1. The van der Waals surface area contributed by atoms with Crippen LogP contribution in [0, 0.1) is 28.5 Å². The molecule has 0 bridgehead atoms. The average Bonchev–Trinajstić information content (AvgIpc) is 3.21. The monoisotopic (exact) mass is 533 g/mol. The van der Waals surface area contributed by atoms with Crippen LogP contribution < -0.4 is 35.6 Å². The van der Waals surface area contributed by atoms with Gasteiger partial charge in [-0.25, -0.2) is 4.39 Å². The summed E-state index contributed by atoms with van der Waals surface area (Å²) in [5, 5.41) is 26.2. The number of hydrogen-bond donors (Lipinski definition) is 3. The minimum absolute atomic E-state index is 0.0705. The first-order valence-corrected chi connectivity index (χ1v) is 12.2. The van der Waals surface area contributed by atoms with Gasteiger partial charge in [-0.05, 0) is 37.3 Å². The second kappa shape index (κ2) is 12.9. The molecule has 2 aromatic carbocycles. The zero-order valence-electron chi connectivity index (χ0n) is 20.6. The third kappa shape index (κ3) is 6.63. The predicted octanol–water partition coefficient (Wildman–Crippen LogP) is 1.31. The maximum Gasteiger partial charge on any atom is 0.270 e. The molecule has 0 aliphatic rings. The number of nitriles is 2. The molecule has 3 N–H and O–H groups in total. The first kappa shape index (κ1) is 27.6. The third-order valence-corrected chi connectivity index (χ3v) is 6.40. The molecule has 2 amide bonds. The second-order valence-electron chi connectivity index (χ2n) is 7.87. The van der Waals surface area contributed by atoms with Gasteiger partial charge < -0.3 is 20.9 Å². The van der Waals surface area contributed by atoms with Crippen molar-refractivity contribution in [2.24, 2.45) is 0 Å². The van der Waals surface area contributed by atoms with E-state index in [0.29, 0.717) is 17.1 Å². The van der Waals surface area contributed by atoms with Gasteiger partial charge in [0.25, 0.3) is 11.5 Å². The van der Waals surface area contributed by atoms with Crippen LogP contribution in [0.5, 0.6) is 0 Å². The van der Waals surface area contributed by atoms with E-state index in [0.717, 1.165) is 11.3 Å². The van der Waals surface area contributed by atoms with E-state index in [1.54, 1.807) is 62.5 Å². The number of hydrogen-bond acceptors (Lipinski definition) is 8. The smallest absolute Gasteiger partial charge is 0.270 e. The largest absolute Gasteiger partial charge is 0.363 e. The topological polar surface area (TPSA) is 143 Å². The molecule has 0 aliphatic heterocycles. The molecule has 0 spiro atoms. The molecular formula is C26H24FN7O3S. The minimum Gasteiger partial charge on any atom is -0.363 e. The van der Waals surface area contributed by atoms with E-state index in [1.165, 1.54) is 21.7 Å². The van der Waals surface area contributed by atoms with Crippen LogP contribution in [0.3, 0.4) is 0 Å². The van der Waals surface area contributed by atoms with Crippen LogP contribution in [0.25, 0.3) is 11.8 Å². The van der Waals surface area contributed by atoms with Gasteiger partial charge in [0.1, 0.15) is 27.6 Å². The summed E-state index contributed by atoms with van der Waals surface area (Å²) in [5.41, 5.74) is 0.719. The number of carbonyl (C=O) groups excluding carboxylic acids is 2. The van der Waals surface area contributed by atoms with E-state index in [2.05, 4.69) is 16.0 Å². The van der Waals surface area contributed by atoms with Gasteiger partial charge >= 0.3 is 0 Å². The summed E-state index contributed by atoms with van der Waals surface area (Å²) in [6, 6.07) is 16.5. The maximum absolute atomic E-state index is 14.0. The Labute approximate surface area is 221 Å². The fourth-order valence-corrected chi connectivity index (χ4v) is 4.58. The number of benzene rings is 2. The number of para-hydroxylation sites is 1. The van der Waals surface area contributed by atoms with Gasteiger partial charge in [0.05, 0.1) is 18.3 Å². The van der Waals surface area contributed by atoms with E-state index in [1.807, 2.05) is 6.07 Å². The van der Waals surface area contributed by atoms with E-state index < -0.39 is 11.7 Å². The van der Waals surface area contributed by atoms with Crippen LogP contribution in [0.1, 0.15) is 6.92 Å². The Morgan fingerprint density at radius 3 is 2.58 bits per heavy atom. The number of thiazole rings is 1. The van der Waals surface area contributed by atoms with Crippen LogP contribution in [0.4, 0.5) is 21.5 Å². The summed E-state index contributed by atoms with van der Waals surface area (Å²) >= 11 is 0.968. The highest BCUT2D eigenvalue weighted by Gasteiger charge is 2.15. The van der Waals surface area contributed by atoms with E-state index >= 15 is 0 Å². The Bertz CT molecular complexity index is 1610. The van der Waals surface area contributed by atoms with Gasteiger partial charge in [0, 0.05) is 31.2 Å². The highest BCUT2D eigenvalue weighted by atomic mass is 32.1. The van der Waals surface area contributed by atoms with Crippen molar-refractivity contribution < 1.29 is 14.0 Å². The van der Waals surface area contributed by atoms with Crippen molar-refractivity contribution in [1.29, 1.82) is 10.5 Å². The number of nitrogens with zero attached hydrogens (tertiary/aromatic N) is 4. The first-order chi connectivity index (χ1) is 18.3. The lowest BCUT2D eigenvalue weighted by Crippen LogP contribution is -2.34. The van der Waals surface area contributed by atoms with Crippen molar-refractivity contribution in [3.05, 3.63) is 73.9 Å². The molecule has 0 radical (unpaired) electrons. The molecule has 0 unspecified atom stereocenters. The standard InChI is InChI=1S/C26H24FN7O3S/c1-3-34-25(37)22(38-26(34)19(14-29)24(36)30-12-11-28)15-31-17-7-6-8-18(13-17)32-23(35)16-33(2)21-10-5-4-9-20(21)27/h4-10,13,15,31H,3,12,16H2,1-2H3,(H,30,36)(H,32,35). The Balaban J connectivity index is 1.80. The predicted molar refractivity (Wildman–Crippen MR) is 144 cm³/mol. The summed E-state index contributed by atoms with van der Waals surface area (Å²) in [6.45, 7) is 1.61. The van der Waals surface area contributed by atoms with Crippen molar-refractivity contribution in [3.8, 4) is 12.1 Å². The molecule has 3 aromatic rings. The summed E-state index contributed by atoms with van der Waals surface area (Å²) in [5.74, 6) is -1.51. The van der Waals surface area contributed by atoms with Gasteiger partial charge in [-0.15, -0.1) is 11.3 Å². The molecule has 1 aromatic heterocycles. The lowest BCUT2D eigenvalue weighted by atomic mass is 10.2. The molecule has 38 heavy (non-hydrogen) atoms.